The van der Waals surface area contributed by atoms with Gasteiger partial charge in [-0.15, -0.1) is 0 Å². The number of benzene rings is 1. The molecule has 1 aromatic rings. The lowest BCUT2D eigenvalue weighted by Gasteiger charge is -2.22. The van der Waals surface area contributed by atoms with Crippen molar-refractivity contribution in [2.45, 2.75) is 6.04 Å². The van der Waals surface area contributed by atoms with Crippen molar-refractivity contribution >= 4 is 17.3 Å². The number of thiocarbonyl (C=S) groups is 1. The van der Waals surface area contributed by atoms with Crippen LogP contribution < -0.4 is 15.5 Å². The summed E-state index contributed by atoms with van der Waals surface area (Å²) in [5.41, 5.74) is 1.33. The largest absolute Gasteiger partial charge is 0.366 e. The lowest BCUT2D eigenvalue weighted by molar-refractivity contribution is -0.890. The van der Waals surface area contributed by atoms with Gasteiger partial charge in [0.05, 0.1) is 20.6 Å². The van der Waals surface area contributed by atoms with Gasteiger partial charge in [0.2, 0.25) is 0 Å². The summed E-state index contributed by atoms with van der Waals surface area (Å²) in [6.07, 6.45) is 0. The van der Waals surface area contributed by atoms with Crippen LogP contribution in [0.25, 0.3) is 0 Å². The van der Waals surface area contributed by atoms with E-state index in [9.17, 15) is 0 Å². The maximum Gasteiger partial charge on any atom is 0.166 e. The normalized spacial score (nSPS) is 12.2. The summed E-state index contributed by atoms with van der Waals surface area (Å²) in [4.78, 5) is 1.39. The predicted molar refractivity (Wildman–Crippen MR) is 71.7 cm³/mol. The van der Waals surface area contributed by atoms with E-state index in [2.05, 4.69) is 49.0 Å². The Bertz CT molecular complexity index is 324. The van der Waals surface area contributed by atoms with Gasteiger partial charge in [-0.1, -0.05) is 30.3 Å². The van der Waals surface area contributed by atoms with Crippen LogP contribution in [0.5, 0.6) is 0 Å². The van der Waals surface area contributed by atoms with Crippen LogP contribution in [0.2, 0.25) is 0 Å². The first-order chi connectivity index (χ1) is 7.65. The van der Waals surface area contributed by atoms with Crippen LogP contribution in [0.3, 0.4) is 0 Å². The van der Waals surface area contributed by atoms with Gasteiger partial charge in [-0.05, 0) is 12.2 Å². The summed E-state index contributed by atoms with van der Waals surface area (Å²) >= 11 is 5.08. The van der Waals surface area contributed by atoms with Crippen molar-refractivity contribution in [2.24, 2.45) is 0 Å². The maximum atomic E-state index is 5.08. The fourth-order valence-corrected chi connectivity index (χ4v) is 1.71. The Labute approximate surface area is 103 Å². The molecule has 3 nitrogen and oxygen atoms in total. The summed E-state index contributed by atoms with van der Waals surface area (Å²) < 4.78 is 0. The van der Waals surface area contributed by atoms with Crippen LogP contribution >= 0.6 is 12.2 Å². The van der Waals surface area contributed by atoms with Gasteiger partial charge in [0.25, 0.3) is 0 Å². The first-order valence-corrected chi connectivity index (χ1v) is 5.86. The SMILES string of the molecule is CNC(=S)NC[C@@H](c1ccccc1)[NH+](C)C. The molecule has 0 aliphatic carbocycles. The molecule has 0 spiro atoms. The smallest absolute Gasteiger partial charge is 0.166 e. The van der Waals surface area contributed by atoms with Gasteiger partial charge in [0.15, 0.2) is 5.11 Å². The molecule has 0 unspecified atom stereocenters. The van der Waals surface area contributed by atoms with Crippen molar-refractivity contribution in [3.63, 3.8) is 0 Å². The minimum atomic E-state index is 0.410. The highest BCUT2D eigenvalue weighted by Gasteiger charge is 2.17. The zero-order valence-electron chi connectivity index (χ0n) is 10.1. The van der Waals surface area contributed by atoms with Gasteiger partial charge in [-0.3, -0.25) is 0 Å². The molecule has 0 aliphatic rings. The highest BCUT2D eigenvalue weighted by Crippen LogP contribution is 2.07. The molecule has 1 atom stereocenters. The minimum absolute atomic E-state index is 0.410. The molecule has 1 aromatic carbocycles. The Kier molecular flexibility index (Phi) is 5.22. The molecule has 0 amide bonds. The topological polar surface area (TPSA) is 28.5 Å². The van der Waals surface area contributed by atoms with Crippen molar-refractivity contribution in [3.8, 4) is 0 Å². The van der Waals surface area contributed by atoms with Crippen molar-refractivity contribution < 1.29 is 4.90 Å². The molecule has 16 heavy (non-hydrogen) atoms. The first kappa shape index (κ1) is 12.9. The standard InChI is InChI=1S/C12H19N3S/c1-13-12(16)14-9-11(15(2)3)10-7-5-4-6-8-10/h4-8,11H,9H2,1-3H3,(H2,13,14,16)/p+1/t11-/m0/s1. The van der Waals surface area contributed by atoms with Gasteiger partial charge >= 0.3 is 0 Å². The highest BCUT2D eigenvalue weighted by molar-refractivity contribution is 7.80. The molecule has 3 N–H and O–H groups in total. The van der Waals surface area contributed by atoms with Crippen molar-refractivity contribution in [2.75, 3.05) is 27.7 Å². The Hall–Kier alpha value is -1.13. The molecule has 0 heterocycles. The number of hydrogen-bond acceptors (Lipinski definition) is 1. The van der Waals surface area contributed by atoms with E-state index in [1.54, 1.807) is 0 Å². The maximum absolute atomic E-state index is 5.08. The van der Waals surface area contributed by atoms with Gasteiger partial charge in [-0.2, -0.15) is 0 Å². The molecule has 1 rings (SSSR count). The number of hydrogen-bond donors (Lipinski definition) is 3. The molecular weight excluding hydrogens is 218 g/mol. The van der Waals surface area contributed by atoms with E-state index in [1.165, 1.54) is 10.5 Å². The summed E-state index contributed by atoms with van der Waals surface area (Å²) in [5.74, 6) is 0. The molecule has 0 radical (unpaired) electrons. The van der Waals surface area contributed by atoms with Crippen molar-refractivity contribution in [1.29, 1.82) is 0 Å². The quantitative estimate of drug-likeness (QED) is 0.643. The number of rotatable bonds is 4. The summed E-state index contributed by atoms with van der Waals surface area (Å²) in [5, 5.41) is 6.83. The Morgan fingerprint density at radius 2 is 1.94 bits per heavy atom. The molecule has 0 aromatic heterocycles. The fourth-order valence-electron chi connectivity index (χ4n) is 1.62. The van der Waals surface area contributed by atoms with Crippen LogP contribution in [0, 0.1) is 0 Å². The third kappa shape index (κ3) is 3.79. The molecule has 0 saturated heterocycles. The third-order valence-electron chi connectivity index (χ3n) is 2.59. The lowest BCUT2D eigenvalue weighted by Crippen LogP contribution is -3.07. The summed E-state index contributed by atoms with van der Waals surface area (Å²) in [7, 11) is 6.14. The third-order valence-corrected chi connectivity index (χ3v) is 2.94. The molecular formula is C12H20N3S+. The van der Waals surface area contributed by atoms with Gasteiger partial charge in [0.1, 0.15) is 6.04 Å². The molecule has 4 heteroatoms. The number of nitrogens with one attached hydrogen (secondary N) is 3. The Morgan fingerprint density at radius 3 is 2.44 bits per heavy atom. The molecule has 0 fully saturated rings. The summed E-state index contributed by atoms with van der Waals surface area (Å²) in [6, 6.07) is 10.9. The first-order valence-electron chi connectivity index (χ1n) is 5.45. The fraction of sp³-hybridized carbons (Fsp3) is 0.417. The number of quaternary nitrogens is 1. The Balaban J connectivity index is 2.66. The second-order valence-corrected chi connectivity index (χ2v) is 4.41. The highest BCUT2D eigenvalue weighted by atomic mass is 32.1. The zero-order valence-corrected chi connectivity index (χ0v) is 10.9. The van der Waals surface area contributed by atoms with E-state index in [0.717, 1.165) is 6.54 Å². The molecule has 0 bridgehead atoms. The van der Waals surface area contributed by atoms with Crippen LogP contribution in [-0.4, -0.2) is 32.8 Å². The van der Waals surface area contributed by atoms with Gasteiger partial charge in [-0.25, -0.2) is 0 Å². The van der Waals surface area contributed by atoms with Gasteiger partial charge in [0, 0.05) is 12.6 Å². The van der Waals surface area contributed by atoms with E-state index in [0.29, 0.717) is 11.2 Å². The zero-order chi connectivity index (χ0) is 12.0. The van der Waals surface area contributed by atoms with E-state index in [1.807, 2.05) is 13.1 Å². The van der Waals surface area contributed by atoms with Crippen LogP contribution in [0.1, 0.15) is 11.6 Å². The van der Waals surface area contributed by atoms with E-state index in [4.69, 9.17) is 12.2 Å². The van der Waals surface area contributed by atoms with Crippen LogP contribution in [0.15, 0.2) is 30.3 Å². The Morgan fingerprint density at radius 1 is 1.31 bits per heavy atom. The average molecular weight is 238 g/mol. The lowest BCUT2D eigenvalue weighted by atomic mass is 10.1. The average Bonchev–Trinajstić information content (AvgIpc) is 2.30. The van der Waals surface area contributed by atoms with E-state index >= 15 is 0 Å². The number of likely N-dealkylation sites (N-methyl/N-ethyl adjacent to an activating group) is 1. The minimum Gasteiger partial charge on any atom is -0.366 e. The van der Waals surface area contributed by atoms with Crippen molar-refractivity contribution in [3.05, 3.63) is 35.9 Å². The molecule has 88 valence electrons. The van der Waals surface area contributed by atoms with Crippen LogP contribution in [-0.2, 0) is 0 Å². The molecule has 0 aliphatic heterocycles. The summed E-state index contributed by atoms with van der Waals surface area (Å²) in [6.45, 7) is 0.839. The van der Waals surface area contributed by atoms with Gasteiger partial charge < -0.3 is 15.5 Å². The monoisotopic (exact) mass is 238 g/mol. The van der Waals surface area contributed by atoms with Crippen LogP contribution in [0.4, 0.5) is 0 Å². The second kappa shape index (κ2) is 6.45. The second-order valence-electron chi connectivity index (χ2n) is 4.00. The van der Waals surface area contributed by atoms with E-state index < -0.39 is 0 Å². The molecule has 0 saturated carbocycles. The predicted octanol–water partition coefficient (Wildman–Crippen LogP) is -0.0339. The van der Waals surface area contributed by atoms with E-state index in [-0.39, 0.29) is 0 Å². The van der Waals surface area contributed by atoms with Crippen molar-refractivity contribution in [1.82, 2.24) is 10.6 Å².